The molecule has 6 heteroatoms. The molecule has 0 spiro atoms. The third-order valence-electron chi connectivity index (χ3n) is 3.23. The van der Waals surface area contributed by atoms with Gasteiger partial charge in [-0.1, -0.05) is 23.7 Å². The number of carbonyl (C=O) groups excluding carboxylic acids is 1. The summed E-state index contributed by atoms with van der Waals surface area (Å²) in [6, 6.07) is 11.2. The lowest BCUT2D eigenvalue weighted by molar-refractivity contribution is 0.0701. The van der Waals surface area contributed by atoms with Crippen LogP contribution in [0.2, 0.25) is 5.02 Å². The van der Waals surface area contributed by atoms with Crippen LogP contribution in [0.3, 0.4) is 0 Å². The molecule has 0 aliphatic carbocycles. The van der Waals surface area contributed by atoms with Crippen molar-refractivity contribution in [1.29, 1.82) is 0 Å². The molecule has 2 aromatic heterocycles. The smallest absolute Gasteiger partial charge is 0.293 e. The van der Waals surface area contributed by atoms with Crippen LogP contribution in [0.4, 0.5) is 0 Å². The van der Waals surface area contributed by atoms with Crippen molar-refractivity contribution in [3.8, 4) is 0 Å². The highest BCUT2D eigenvalue weighted by molar-refractivity contribution is 6.30. The van der Waals surface area contributed by atoms with Crippen molar-refractivity contribution in [2.24, 2.45) is 0 Å². The normalized spacial score (nSPS) is 10.8. The molecule has 0 atom stereocenters. The van der Waals surface area contributed by atoms with E-state index in [1.165, 1.54) is 0 Å². The van der Waals surface area contributed by atoms with Crippen molar-refractivity contribution in [1.82, 2.24) is 15.0 Å². The second kappa shape index (κ2) is 5.55. The fourth-order valence-corrected chi connectivity index (χ4v) is 2.45. The molecule has 3 rings (SSSR count). The number of hydroxylamine groups is 1. The highest BCUT2D eigenvalue weighted by atomic mass is 35.5. The Morgan fingerprint density at radius 2 is 2.19 bits per heavy atom. The number of nitrogens with one attached hydrogen (secondary N) is 1. The Labute approximate surface area is 125 Å². The Hall–Kier alpha value is -2.37. The number of nitrogens with zero attached hydrogens (tertiary/aromatic N) is 2. The summed E-state index contributed by atoms with van der Waals surface area (Å²) in [5.41, 5.74) is 3.67. The van der Waals surface area contributed by atoms with Crippen molar-refractivity contribution in [3.05, 3.63) is 65.1 Å². The minimum atomic E-state index is -0.632. The van der Waals surface area contributed by atoms with Crippen LogP contribution in [0, 0.1) is 0 Å². The summed E-state index contributed by atoms with van der Waals surface area (Å²) in [6.07, 6.45) is 3.53. The van der Waals surface area contributed by atoms with E-state index in [0.29, 0.717) is 11.6 Å². The maximum atomic E-state index is 11.4. The second-order valence-corrected chi connectivity index (χ2v) is 5.08. The lowest BCUT2D eigenvalue weighted by Crippen LogP contribution is -2.19. The second-order valence-electron chi connectivity index (χ2n) is 4.64. The van der Waals surface area contributed by atoms with E-state index < -0.39 is 5.91 Å². The van der Waals surface area contributed by atoms with Crippen molar-refractivity contribution < 1.29 is 10.0 Å². The van der Waals surface area contributed by atoms with Crippen LogP contribution >= 0.6 is 11.6 Å². The van der Waals surface area contributed by atoms with E-state index >= 15 is 0 Å². The first kappa shape index (κ1) is 13.6. The SMILES string of the molecule is O=C(NO)c1cc2c(ccn2Cc2cccc(Cl)c2)cn1. The first-order chi connectivity index (χ1) is 10.2. The van der Waals surface area contributed by atoms with E-state index in [-0.39, 0.29) is 5.69 Å². The summed E-state index contributed by atoms with van der Waals surface area (Å²) in [4.78, 5) is 15.4. The summed E-state index contributed by atoms with van der Waals surface area (Å²) in [5.74, 6) is -0.632. The van der Waals surface area contributed by atoms with Crippen molar-refractivity contribution in [3.63, 3.8) is 0 Å². The number of rotatable bonds is 3. The van der Waals surface area contributed by atoms with Crippen molar-refractivity contribution in [2.75, 3.05) is 0 Å². The van der Waals surface area contributed by atoms with Gasteiger partial charge < -0.3 is 4.57 Å². The zero-order valence-corrected chi connectivity index (χ0v) is 11.7. The van der Waals surface area contributed by atoms with Crippen molar-refractivity contribution in [2.45, 2.75) is 6.54 Å². The molecule has 0 fully saturated rings. The molecule has 0 aliphatic rings. The van der Waals surface area contributed by atoms with Gasteiger partial charge in [-0.15, -0.1) is 0 Å². The average Bonchev–Trinajstić information content (AvgIpc) is 2.89. The number of pyridine rings is 1. The molecular weight excluding hydrogens is 290 g/mol. The molecule has 0 aliphatic heterocycles. The summed E-state index contributed by atoms with van der Waals surface area (Å²) in [5, 5.41) is 10.3. The van der Waals surface area contributed by atoms with E-state index in [1.54, 1.807) is 17.7 Å². The van der Waals surface area contributed by atoms with Gasteiger partial charge in [0.05, 0.1) is 5.52 Å². The molecular formula is C15H12ClN3O2. The fourth-order valence-electron chi connectivity index (χ4n) is 2.23. The third kappa shape index (κ3) is 2.74. The van der Waals surface area contributed by atoms with Gasteiger partial charge in [-0.05, 0) is 29.8 Å². The third-order valence-corrected chi connectivity index (χ3v) is 3.47. The van der Waals surface area contributed by atoms with E-state index in [9.17, 15) is 4.79 Å². The average molecular weight is 302 g/mol. The van der Waals surface area contributed by atoms with Gasteiger partial charge in [0.1, 0.15) is 5.69 Å². The lowest BCUT2D eigenvalue weighted by Gasteiger charge is -2.07. The topological polar surface area (TPSA) is 67.2 Å². The number of carbonyl (C=O) groups is 1. The molecule has 0 radical (unpaired) electrons. The van der Waals surface area contributed by atoms with E-state index in [1.807, 2.05) is 41.1 Å². The first-order valence-electron chi connectivity index (χ1n) is 6.31. The van der Waals surface area contributed by atoms with E-state index in [4.69, 9.17) is 16.8 Å². The molecule has 0 saturated heterocycles. The number of aromatic nitrogens is 2. The molecule has 2 heterocycles. The van der Waals surface area contributed by atoms with Crippen LogP contribution in [0.5, 0.6) is 0 Å². The molecule has 2 N–H and O–H groups in total. The van der Waals surface area contributed by atoms with Crippen LogP contribution < -0.4 is 5.48 Å². The Kier molecular flexibility index (Phi) is 3.60. The summed E-state index contributed by atoms with van der Waals surface area (Å²) in [6.45, 7) is 0.633. The highest BCUT2D eigenvalue weighted by Gasteiger charge is 2.09. The number of fused-ring (bicyclic) bond motifs is 1. The summed E-state index contributed by atoms with van der Waals surface area (Å²) in [7, 11) is 0. The van der Waals surface area contributed by atoms with Crippen LogP contribution in [0.25, 0.3) is 10.9 Å². The predicted molar refractivity (Wildman–Crippen MR) is 79.5 cm³/mol. The zero-order chi connectivity index (χ0) is 14.8. The minimum absolute atomic E-state index is 0.163. The monoisotopic (exact) mass is 301 g/mol. The quantitative estimate of drug-likeness (QED) is 0.577. The van der Waals surface area contributed by atoms with E-state index in [2.05, 4.69) is 4.98 Å². The molecule has 106 valence electrons. The standard InChI is InChI=1S/C15H12ClN3O2/c16-12-3-1-2-10(6-12)9-19-5-4-11-8-17-13(7-14(11)19)15(20)18-21/h1-8,21H,9H2,(H,18,20). The first-order valence-corrected chi connectivity index (χ1v) is 6.69. The molecule has 5 nitrogen and oxygen atoms in total. The summed E-state index contributed by atoms with van der Waals surface area (Å²) >= 11 is 5.99. The van der Waals surface area contributed by atoms with Gasteiger partial charge in [-0.25, -0.2) is 5.48 Å². The number of hydrogen-bond acceptors (Lipinski definition) is 3. The van der Waals surface area contributed by atoms with Gasteiger partial charge >= 0.3 is 0 Å². The Morgan fingerprint density at radius 1 is 1.33 bits per heavy atom. The molecule has 0 unspecified atom stereocenters. The van der Waals surface area contributed by atoms with Crippen molar-refractivity contribution >= 4 is 28.4 Å². The Balaban J connectivity index is 2.00. The number of hydrogen-bond donors (Lipinski definition) is 2. The number of amides is 1. The molecule has 0 bridgehead atoms. The van der Waals surface area contributed by atoms with Gasteiger partial charge in [0.25, 0.3) is 5.91 Å². The van der Waals surface area contributed by atoms with Crippen LogP contribution in [0.15, 0.2) is 48.8 Å². The maximum Gasteiger partial charge on any atom is 0.293 e. The van der Waals surface area contributed by atoms with Gasteiger partial charge in [0.2, 0.25) is 0 Å². The molecule has 0 saturated carbocycles. The van der Waals surface area contributed by atoms with Crippen LogP contribution in [-0.2, 0) is 6.54 Å². The van der Waals surface area contributed by atoms with Gasteiger partial charge in [0, 0.05) is 29.3 Å². The largest absolute Gasteiger partial charge is 0.343 e. The summed E-state index contributed by atoms with van der Waals surface area (Å²) < 4.78 is 2.00. The minimum Gasteiger partial charge on any atom is -0.343 e. The molecule has 1 aromatic carbocycles. The molecule has 3 aromatic rings. The Bertz CT molecular complexity index is 814. The van der Waals surface area contributed by atoms with Gasteiger partial charge in [-0.2, -0.15) is 0 Å². The lowest BCUT2D eigenvalue weighted by atomic mass is 10.2. The molecule has 1 amide bonds. The van der Waals surface area contributed by atoms with Crippen LogP contribution in [0.1, 0.15) is 16.1 Å². The van der Waals surface area contributed by atoms with E-state index in [0.717, 1.165) is 16.5 Å². The van der Waals surface area contributed by atoms with Gasteiger partial charge in [0.15, 0.2) is 0 Å². The fraction of sp³-hybridized carbons (Fsp3) is 0.0667. The number of halogens is 1. The van der Waals surface area contributed by atoms with Crippen LogP contribution in [-0.4, -0.2) is 20.7 Å². The highest BCUT2D eigenvalue weighted by Crippen LogP contribution is 2.19. The van der Waals surface area contributed by atoms with Gasteiger partial charge in [-0.3, -0.25) is 15.0 Å². The Morgan fingerprint density at radius 3 is 2.95 bits per heavy atom. The number of benzene rings is 1. The predicted octanol–water partition coefficient (Wildman–Crippen LogP) is 2.86. The zero-order valence-electron chi connectivity index (χ0n) is 11.0. The maximum absolute atomic E-state index is 11.4. The molecule has 21 heavy (non-hydrogen) atoms.